The van der Waals surface area contributed by atoms with Gasteiger partial charge in [-0.15, -0.1) is 0 Å². The molecule has 4 rings (SSSR count). The highest BCUT2D eigenvalue weighted by Crippen LogP contribution is 2.17. The predicted octanol–water partition coefficient (Wildman–Crippen LogP) is 2.54. The number of hydrogen-bond donors (Lipinski definition) is 1. The number of amides is 3. The number of hydrogen-bond acceptors (Lipinski definition) is 6. The van der Waals surface area contributed by atoms with Crippen LogP contribution in [0, 0.1) is 0 Å². The molecule has 2 aromatic rings. The number of carbonyl (C=O) groups excluding carboxylic acids is 3. The van der Waals surface area contributed by atoms with E-state index in [0.29, 0.717) is 45.5 Å². The van der Waals surface area contributed by atoms with Gasteiger partial charge in [0.1, 0.15) is 5.75 Å². The quantitative estimate of drug-likeness (QED) is 0.534. The third-order valence-corrected chi connectivity index (χ3v) is 6.62. The molecule has 0 radical (unpaired) electrons. The molecule has 0 bridgehead atoms. The molecule has 1 saturated heterocycles. The molecule has 1 N–H and O–H groups in total. The highest BCUT2D eigenvalue weighted by atomic mass is 16.5. The minimum atomic E-state index is -0.330. The lowest BCUT2D eigenvalue weighted by atomic mass is 10.1. The SMILES string of the molecule is COc1cccc(COC2CN(CCc3ccccc3)C(=O)CN(C(=O)CCC3=NNC(=O)CC3)C2)c1. The summed E-state index contributed by atoms with van der Waals surface area (Å²) in [7, 11) is 1.62. The third-order valence-electron chi connectivity index (χ3n) is 6.62. The number of benzene rings is 2. The lowest BCUT2D eigenvalue weighted by molar-refractivity contribution is -0.138. The van der Waals surface area contributed by atoms with E-state index < -0.39 is 0 Å². The molecule has 2 aromatic carbocycles. The predicted molar refractivity (Wildman–Crippen MR) is 139 cm³/mol. The number of carbonyl (C=O) groups is 3. The lowest BCUT2D eigenvalue weighted by Crippen LogP contribution is -2.40. The van der Waals surface area contributed by atoms with E-state index in [0.717, 1.165) is 29.0 Å². The van der Waals surface area contributed by atoms with Gasteiger partial charge in [0, 0.05) is 38.2 Å². The molecule has 0 spiro atoms. The van der Waals surface area contributed by atoms with Crippen molar-refractivity contribution in [2.75, 3.05) is 33.3 Å². The zero-order valence-corrected chi connectivity index (χ0v) is 21.2. The summed E-state index contributed by atoms with van der Waals surface area (Å²) in [6.07, 6.45) is 2.02. The number of nitrogens with zero attached hydrogens (tertiary/aromatic N) is 3. The second-order valence-corrected chi connectivity index (χ2v) is 9.35. The van der Waals surface area contributed by atoms with Gasteiger partial charge >= 0.3 is 0 Å². The van der Waals surface area contributed by atoms with Crippen LogP contribution in [0.4, 0.5) is 0 Å². The van der Waals surface area contributed by atoms with E-state index >= 15 is 0 Å². The first-order valence-corrected chi connectivity index (χ1v) is 12.7. The molecule has 37 heavy (non-hydrogen) atoms. The highest BCUT2D eigenvalue weighted by molar-refractivity contribution is 5.94. The summed E-state index contributed by atoms with van der Waals surface area (Å²) in [6, 6.07) is 17.7. The van der Waals surface area contributed by atoms with E-state index in [9.17, 15) is 14.4 Å². The van der Waals surface area contributed by atoms with Crippen LogP contribution in [-0.4, -0.2) is 72.6 Å². The van der Waals surface area contributed by atoms with Crippen LogP contribution in [0.3, 0.4) is 0 Å². The van der Waals surface area contributed by atoms with E-state index in [4.69, 9.17) is 9.47 Å². The molecular formula is C28H34N4O5. The Morgan fingerprint density at radius 3 is 2.59 bits per heavy atom. The number of nitrogens with one attached hydrogen (secondary N) is 1. The van der Waals surface area contributed by atoms with Crippen molar-refractivity contribution in [3.63, 3.8) is 0 Å². The molecular weight excluding hydrogens is 472 g/mol. The standard InChI is InChI=1S/C28H34N4O5/c1-36-24-9-5-8-22(16-24)20-37-25-17-31(15-14-21-6-3-2-4-7-21)28(35)19-32(18-25)27(34)13-11-23-10-12-26(33)30-29-23/h2-9,16,25H,10-15,17-20H2,1H3,(H,30,33). The number of methoxy groups -OCH3 is 1. The smallest absolute Gasteiger partial charge is 0.242 e. The van der Waals surface area contributed by atoms with E-state index in [1.54, 1.807) is 16.9 Å². The molecule has 9 heteroatoms. The van der Waals surface area contributed by atoms with Crippen LogP contribution in [0.25, 0.3) is 0 Å². The van der Waals surface area contributed by atoms with Crippen molar-refractivity contribution in [1.82, 2.24) is 15.2 Å². The molecule has 9 nitrogen and oxygen atoms in total. The van der Waals surface area contributed by atoms with Crippen LogP contribution >= 0.6 is 0 Å². The zero-order chi connectivity index (χ0) is 26.0. The fraction of sp³-hybridized carbons (Fsp3) is 0.429. The van der Waals surface area contributed by atoms with Gasteiger partial charge in [-0.3, -0.25) is 14.4 Å². The Balaban J connectivity index is 1.41. The molecule has 196 valence electrons. The highest BCUT2D eigenvalue weighted by Gasteiger charge is 2.31. The van der Waals surface area contributed by atoms with Crippen LogP contribution in [0.1, 0.15) is 36.8 Å². The summed E-state index contributed by atoms with van der Waals surface area (Å²) < 4.78 is 11.6. The molecule has 0 saturated carbocycles. The van der Waals surface area contributed by atoms with Crippen LogP contribution in [-0.2, 0) is 32.1 Å². The first-order chi connectivity index (χ1) is 18.0. The van der Waals surface area contributed by atoms with E-state index in [1.807, 2.05) is 54.6 Å². The molecule has 2 heterocycles. The van der Waals surface area contributed by atoms with Gasteiger partial charge < -0.3 is 19.3 Å². The summed E-state index contributed by atoms with van der Waals surface area (Å²) in [4.78, 5) is 41.0. The topological polar surface area (TPSA) is 101 Å². The Morgan fingerprint density at radius 2 is 1.84 bits per heavy atom. The largest absolute Gasteiger partial charge is 0.497 e. The molecule has 3 amide bonds. The van der Waals surface area contributed by atoms with Gasteiger partial charge in [-0.25, -0.2) is 5.43 Å². The van der Waals surface area contributed by atoms with Gasteiger partial charge in [0.2, 0.25) is 17.7 Å². The van der Waals surface area contributed by atoms with Crippen molar-refractivity contribution in [1.29, 1.82) is 0 Å². The Kier molecular flexibility index (Phi) is 9.26. The second kappa shape index (κ2) is 13.0. The van der Waals surface area contributed by atoms with Gasteiger partial charge in [-0.05, 0) is 42.5 Å². The Bertz CT molecular complexity index is 1120. The number of ether oxygens (including phenoxy) is 2. The van der Waals surface area contributed by atoms with Gasteiger partial charge in [0.25, 0.3) is 0 Å². The lowest BCUT2D eigenvalue weighted by Gasteiger charge is -2.25. The second-order valence-electron chi connectivity index (χ2n) is 9.35. The summed E-state index contributed by atoms with van der Waals surface area (Å²) in [5.74, 6) is 0.437. The average molecular weight is 507 g/mol. The number of hydrazone groups is 1. The fourth-order valence-electron chi connectivity index (χ4n) is 4.48. The normalized spacial score (nSPS) is 18.2. The Labute approximate surface area is 217 Å². The van der Waals surface area contributed by atoms with Gasteiger partial charge in [-0.2, -0.15) is 5.10 Å². The molecule has 1 atom stereocenters. The van der Waals surface area contributed by atoms with Crippen molar-refractivity contribution in [2.45, 2.75) is 44.8 Å². The first-order valence-electron chi connectivity index (χ1n) is 12.7. The molecule has 2 aliphatic rings. The van der Waals surface area contributed by atoms with Crippen molar-refractivity contribution in [2.24, 2.45) is 5.10 Å². The average Bonchev–Trinajstić information content (AvgIpc) is 3.09. The summed E-state index contributed by atoms with van der Waals surface area (Å²) in [5.41, 5.74) is 5.38. The van der Waals surface area contributed by atoms with Crippen molar-refractivity contribution in [3.05, 3.63) is 65.7 Å². The maximum Gasteiger partial charge on any atom is 0.242 e. The van der Waals surface area contributed by atoms with E-state index in [-0.39, 0.29) is 36.8 Å². The molecule has 1 unspecified atom stereocenters. The summed E-state index contributed by atoms with van der Waals surface area (Å²) in [5, 5.41) is 4.05. The van der Waals surface area contributed by atoms with Gasteiger partial charge in [0.15, 0.2) is 0 Å². The van der Waals surface area contributed by atoms with Crippen molar-refractivity contribution in [3.8, 4) is 5.75 Å². The zero-order valence-electron chi connectivity index (χ0n) is 21.2. The van der Waals surface area contributed by atoms with E-state index in [1.165, 1.54) is 0 Å². The Hall–Kier alpha value is -3.72. The summed E-state index contributed by atoms with van der Waals surface area (Å²) >= 11 is 0. The first kappa shape index (κ1) is 26.3. The number of rotatable bonds is 10. The van der Waals surface area contributed by atoms with Gasteiger partial charge in [0.05, 0.1) is 26.4 Å². The van der Waals surface area contributed by atoms with Crippen molar-refractivity contribution < 1.29 is 23.9 Å². The molecule has 2 aliphatic heterocycles. The molecule has 1 fully saturated rings. The molecule has 0 aliphatic carbocycles. The van der Waals surface area contributed by atoms with Crippen LogP contribution in [0.5, 0.6) is 5.75 Å². The molecule has 0 aromatic heterocycles. The van der Waals surface area contributed by atoms with Gasteiger partial charge in [-0.1, -0.05) is 42.5 Å². The van der Waals surface area contributed by atoms with Crippen LogP contribution in [0.2, 0.25) is 0 Å². The van der Waals surface area contributed by atoms with Crippen LogP contribution in [0.15, 0.2) is 59.7 Å². The maximum absolute atomic E-state index is 13.2. The van der Waals surface area contributed by atoms with Crippen molar-refractivity contribution >= 4 is 23.4 Å². The minimum absolute atomic E-state index is 0.0237. The fourth-order valence-corrected chi connectivity index (χ4v) is 4.48. The van der Waals surface area contributed by atoms with Crippen LogP contribution < -0.4 is 10.2 Å². The monoisotopic (exact) mass is 506 g/mol. The summed E-state index contributed by atoms with van der Waals surface area (Å²) in [6.45, 7) is 1.68. The minimum Gasteiger partial charge on any atom is -0.497 e. The maximum atomic E-state index is 13.2. The third kappa shape index (κ3) is 7.88. The Morgan fingerprint density at radius 1 is 1.03 bits per heavy atom. The van der Waals surface area contributed by atoms with E-state index in [2.05, 4.69) is 10.5 Å².